The molecule has 1 fully saturated rings. The lowest BCUT2D eigenvalue weighted by Crippen LogP contribution is -2.41. The molecule has 1 spiro atoms. The van der Waals surface area contributed by atoms with Crippen molar-refractivity contribution in [3.05, 3.63) is 65.2 Å². The van der Waals surface area contributed by atoms with E-state index in [1.807, 2.05) is 24.1 Å². The van der Waals surface area contributed by atoms with Gasteiger partial charge in [-0.25, -0.2) is 9.50 Å². The van der Waals surface area contributed by atoms with E-state index in [9.17, 15) is 0 Å². The van der Waals surface area contributed by atoms with Gasteiger partial charge in [-0.1, -0.05) is 24.3 Å². The number of nitrogens with zero attached hydrogens (tertiary/aromatic N) is 6. The number of aryl methyl sites for hydroxylation is 2. The Morgan fingerprint density at radius 3 is 2.29 bits per heavy atom. The van der Waals surface area contributed by atoms with Crippen molar-refractivity contribution in [2.24, 2.45) is 12.5 Å². The monoisotopic (exact) mass is 412 g/mol. The molecule has 0 saturated carbocycles. The Morgan fingerprint density at radius 2 is 1.65 bits per heavy atom. The zero-order valence-corrected chi connectivity index (χ0v) is 18.5. The van der Waals surface area contributed by atoms with E-state index in [1.165, 1.54) is 25.7 Å². The first-order valence-corrected chi connectivity index (χ1v) is 11.2. The maximum absolute atomic E-state index is 5.11. The van der Waals surface area contributed by atoms with Crippen LogP contribution in [0, 0.1) is 19.3 Å². The predicted octanol–water partition coefficient (Wildman–Crippen LogP) is 4.13. The fraction of sp³-hybridized carbons (Fsp3) is 0.400. The Bertz CT molecular complexity index is 1260. The van der Waals surface area contributed by atoms with Crippen LogP contribution in [0.3, 0.4) is 0 Å². The molecule has 4 heterocycles. The Kier molecular flexibility index (Phi) is 4.01. The third kappa shape index (κ3) is 2.81. The van der Waals surface area contributed by atoms with Crippen molar-refractivity contribution in [3.63, 3.8) is 0 Å². The maximum Gasteiger partial charge on any atom is 0.155 e. The molecule has 0 unspecified atom stereocenters. The van der Waals surface area contributed by atoms with Gasteiger partial charge in [-0.05, 0) is 62.1 Å². The second kappa shape index (κ2) is 6.67. The summed E-state index contributed by atoms with van der Waals surface area (Å²) in [6.07, 6.45) is 8.69. The van der Waals surface area contributed by atoms with E-state index in [-0.39, 0.29) is 0 Å². The van der Waals surface area contributed by atoms with Crippen molar-refractivity contribution in [1.82, 2.24) is 24.4 Å². The predicted molar refractivity (Wildman–Crippen MR) is 122 cm³/mol. The summed E-state index contributed by atoms with van der Waals surface area (Å²) in [4.78, 5) is 7.58. The fourth-order valence-electron chi connectivity index (χ4n) is 5.67. The lowest BCUT2D eigenvalue weighted by molar-refractivity contribution is 0.232. The summed E-state index contributed by atoms with van der Waals surface area (Å²) < 4.78 is 3.96. The third-order valence-corrected chi connectivity index (χ3v) is 7.56. The van der Waals surface area contributed by atoms with Gasteiger partial charge in [0.25, 0.3) is 0 Å². The van der Waals surface area contributed by atoms with Crippen molar-refractivity contribution < 1.29 is 0 Å². The van der Waals surface area contributed by atoms with Crippen LogP contribution in [-0.2, 0) is 19.9 Å². The highest BCUT2D eigenvalue weighted by Crippen LogP contribution is 2.45. The fourth-order valence-corrected chi connectivity index (χ4v) is 5.67. The van der Waals surface area contributed by atoms with Gasteiger partial charge in [-0.2, -0.15) is 10.2 Å². The van der Waals surface area contributed by atoms with E-state index in [0.29, 0.717) is 5.41 Å². The molecule has 0 N–H and O–H groups in total. The van der Waals surface area contributed by atoms with Gasteiger partial charge in [0, 0.05) is 31.4 Å². The molecule has 0 amide bonds. The third-order valence-electron chi connectivity index (χ3n) is 7.56. The van der Waals surface area contributed by atoms with Crippen LogP contribution < -0.4 is 4.90 Å². The molecule has 1 saturated heterocycles. The molecular formula is C25H28N6. The van der Waals surface area contributed by atoms with Crippen molar-refractivity contribution in [2.75, 3.05) is 18.0 Å². The summed E-state index contributed by atoms with van der Waals surface area (Å²) in [5.41, 5.74) is 8.86. The molecule has 6 rings (SSSR count). The van der Waals surface area contributed by atoms with Crippen molar-refractivity contribution in [3.8, 4) is 11.3 Å². The average Bonchev–Trinajstić information content (AvgIpc) is 3.47. The highest BCUT2D eigenvalue weighted by atomic mass is 15.3. The standard InChI is InChI=1S/C25H28N6/c1-17-23(21-16-27-29(3)18(21)2)31-22(8-11-26-31)24(28-17)30-12-9-25(10-13-30)14-19-6-4-5-7-20(19)15-25/h4-8,11,16H,9-10,12-15H2,1-3H3. The molecule has 31 heavy (non-hydrogen) atoms. The number of hydrogen-bond donors (Lipinski definition) is 0. The summed E-state index contributed by atoms with van der Waals surface area (Å²) in [6, 6.07) is 11.1. The van der Waals surface area contributed by atoms with E-state index in [0.717, 1.165) is 47.1 Å². The first-order valence-electron chi connectivity index (χ1n) is 11.2. The molecule has 6 heteroatoms. The summed E-state index contributed by atoms with van der Waals surface area (Å²) >= 11 is 0. The lowest BCUT2D eigenvalue weighted by atomic mass is 9.76. The van der Waals surface area contributed by atoms with Crippen molar-refractivity contribution in [2.45, 2.75) is 39.5 Å². The van der Waals surface area contributed by atoms with Gasteiger partial charge in [0.15, 0.2) is 5.82 Å². The number of anilines is 1. The first kappa shape index (κ1) is 18.6. The number of piperidine rings is 1. The van der Waals surface area contributed by atoms with Crippen LogP contribution in [0.1, 0.15) is 35.4 Å². The van der Waals surface area contributed by atoms with Crippen LogP contribution in [0.5, 0.6) is 0 Å². The molecule has 6 nitrogen and oxygen atoms in total. The Labute approximate surface area is 182 Å². The molecule has 158 valence electrons. The largest absolute Gasteiger partial charge is 0.355 e. The van der Waals surface area contributed by atoms with Gasteiger partial charge in [0.2, 0.25) is 0 Å². The molecule has 0 radical (unpaired) electrons. The maximum atomic E-state index is 5.11. The van der Waals surface area contributed by atoms with Gasteiger partial charge < -0.3 is 4.90 Å². The van der Waals surface area contributed by atoms with Crippen LogP contribution in [0.25, 0.3) is 16.8 Å². The molecule has 1 aliphatic heterocycles. The molecule has 3 aromatic heterocycles. The van der Waals surface area contributed by atoms with Crippen molar-refractivity contribution >= 4 is 11.3 Å². The first-order chi connectivity index (χ1) is 15.0. The van der Waals surface area contributed by atoms with Crippen LogP contribution >= 0.6 is 0 Å². The molecule has 1 aliphatic carbocycles. The normalized spacial score (nSPS) is 17.6. The van der Waals surface area contributed by atoms with E-state index < -0.39 is 0 Å². The number of fused-ring (bicyclic) bond motifs is 2. The number of rotatable bonds is 2. The molecule has 0 atom stereocenters. The highest BCUT2D eigenvalue weighted by molar-refractivity contribution is 5.76. The molecule has 4 aromatic rings. The average molecular weight is 413 g/mol. The highest BCUT2D eigenvalue weighted by Gasteiger charge is 2.40. The second-order valence-corrected chi connectivity index (χ2v) is 9.37. The van der Waals surface area contributed by atoms with Crippen LogP contribution in [0.4, 0.5) is 5.82 Å². The number of aromatic nitrogens is 5. The lowest BCUT2D eigenvalue weighted by Gasteiger charge is -2.40. The van der Waals surface area contributed by atoms with Crippen molar-refractivity contribution in [1.29, 1.82) is 0 Å². The van der Waals surface area contributed by atoms with E-state index >= 15 is 0 Å². The summed E-state index contributed by atoms with van der Waals surface area (Å²) in [7, 11) is 1.97. The quantitative estimate of drug-likeness (QED) is 0.497. The van der Waals surface area contributed by atoms with Crippen LogP contribution in [0.2, 0.25) is 0 Å². The van der Waals surface area contributed by atoms with E-state index in [1.54, 1.807) is 11.1 Å². The summed E-state index contributed by atoms with van der Waals surface area (Å²) in [5.74, 6) is 1.06. The van der Waals surface area contributed by atoms with E-state index in [4.69, 9.17) is 4.98 Å². The Hall–Kier alpha value is -3.15. The Morgan fingerprint density at radius 1 is 0.935 bits per heavy atom. The molecular weight excluding hydrogens is 384 g/mol. The molecule has 2 aliphatic rings. The number of benzene rings is 1. The van der Waals surface area contributed by atoms with Gasteiger partial charge in [-0.15, -0.1) is 0 Å². The van der Waals surface area contributed by atoms with Gasteiger partial charge in [0.05, 0.1) is 23.8 Å². The zero-order chi connectivity index (χ0) is 21.2. The summed E-state index contributed by atoms with van der Waals surface area (Å²) in [6.45, 7) is 6.28. The molecule has 1 aromatic carbocycles. The topological polar surface area (TPSA) is 51.3 Å². The minimum Gasteiger partial charge on any atom is -0.355 e. The minimum atomic E-state index is 0.429. The number of hydrogen-bond acceptors (Lipinski definition) is 4. The van der Waals surface area contributed by atoms with Gasteiger partial charge in [-0.3, -0.25) is 4.68 Å². The second-order valence-electron chi connectivity index (χ2n) is 9.37. The van der Waals surface area contributed by atoms with E-state index in [2.05, 4.69) is 63.8 Å². The van der Waals surface area contributed by atoms with Crippen LogP contribution in [0.15, 0.2) is 42.7 Å². The Balaban J connectivity index is 1.33. The SMILES string of the molecule is Cc1nc(N2CCC3(CC2)Cc2ccccc2C3)c2ccnn2c1-c1cnn(C)c1C. The van der Waals surface area contributed by atoms with Gasteiger partial charge >= 0.3 is 0 Å². The van der Waals surface area contributed by atoms with Crippen LogP contribution in [-0.4, -0.2) is 37.5 Å². The molecule has 0 bridgehead atoms. The van der Waals surface area contributed by atoms with Gasteiger partial charge in [0.1, 0.15) is 5.52 Å². The summed E-state index contributed by atoms with van der Waals surface area (Å²) in [5, 5.41) is 9.10. The minimum absolute atomic E-state index is 0.429. The zero-order valence-electron chi connectivity index (χ0n) is 18.5. The smallest absolute Gasteiger partial charge is 0.155 e.